The van der Waals surface area contributed by atoms with E-state index in [-0.39, 0.29) is 0 Å². The highest BCUT2D eigenvalue weighted by molar-refractivity contribution is 9.10. The number of hydrogen-bond donors (Lipinski definition) is 1. The highest BCUT2D eigenvalue weighted by Crippen LogP contribution is 2.29. The van der Waals surface area contributed by atoms with Crippen LogP contribution in [0.4, 0.5) is 0 Å². The summed E-state index contributed by atoms with van der Waals surface area (Å²) in [6.07, 6.45) is 7.97. The van der Waals surface area contributed by atoms with E-state index < -0.39 is 0 Å². The molecule has 2 aliphatic heterocycles. The van der Waals surface area contributed by atoms with Crippen LogP contribution < -0.4 is 10.1 Å². The van der Waals surface area contributed by atoms with Crippen LogP contribution in [-0.4, -0.2) is 44.7 Å². The molecule has 1 N–H and O–H groups in total. The fourth-order valence-electron chi connectivity index (χ4n) is 4.10. The van der Waals surface area contributed by atoms with Gasteiger partial charge in [0.2, 0.25) is 0 Å². The van der Waals surface area contributed by atoms with Gasteiger partial charge in [0.05, 0.1) is 7.11 Å². The number of nitrogens with zero attached hydrogens (tertiary/aromatic N) is 1. The van der Waals surface area contributed by atoms with Crippen molar-refractivity contribution in [3.05, 3.63) is 28.2 Å². The van der Waals surface area contributed by atoms with Gasteiger partial charge in [-0.15, -0.1) is 0 Å². The molecule has 3 rings (SSSR count). The van der Waals surface area contributed by atoms with Gasteiger partial charge in [0.1, 0.15) is 5.75 Å². The minimum Gasteiger partial charge on any atom is -0.497 e. The molecule has 2 saturated heterocycles. The van der Waals surface area contributed by atoms with Crippen molar-refractivity contribution in [2.24, 2.45) is 11.8 Å². The van der Waals surface area contributed by atoms with E-state index in [0.29, 0.717) is 0 Å². The Morgan fingerprint density at radius 2 is 1.88 bits per heavy atom. The van der Waals surface area contributed by atoms with E-state index in [2.05, 4.69) is 38.3 Å². The Labute approximate surface area is 155 Å². The van der Waals surface area contributed by atoms with Crippen LogP contribution in [-0.2, 0) is 6.42 Å². The second kappa shape index (κ2) is 9.21. The Morgan fingerprint density at radius 1 is 1.12 bits per heavy atom. The van der Waals surface area contributed by atoms with Gasteiger partial charge in [-0.3, -0.25) is 0 Å². The van der Waals surface area contributed by atoms with Crippen LogP contribution in [0.25, 0.3) is 0 Å². The zero-order valence-corrected chi connectivity index (χ0v) is 16.5. The van der Waals surface area contributed by atoms with Crippen molar-refractivity contribution in [1.82, 2.24) is 10.2 Å². The quantitative estimate of drug-likeness (QED) is 0.785. The number of hydrogen-bond acceptors (Lipinski definition) is 3. The average molecular weight is 395 g/mol. The van der Waals surface area contributed by atoms with E-state index in [1.807, 2.05) is 6.07 Å². The molecular formula is C20H31BrN2O. The van der Waals surface area contributed by atoms with E-state index in [1.54, 1.807) is 7.11 Å². The molecule has 2 fully saturated rings. The minimum absolute atomic E-state index is 0.809. The summed E-state index contributed by atoms with van der Waals surface area (Å²) in [6, 6.07) is 6.33. The fourth-order valence-corrected chi connectivity index (χ4v) is 4.50. The van der Waals surface area contributed by atoms with Gasteiger partial charge in [-0.2, -0.15) is 0 Å². The molecule has 4 heteroatoms. The molecule has 0 aliphatic carbocycles. The molecule has 0 radical (unpaired) electrons. The van der Waals surface area contributed by atoms with Gasteiger partial charge in [0, 0.05) is 4.47 Å². The Kier molecular flexibility index (Phi) is 6.99. The second-order valence-corrected chi connectivity index (χ2v) is 8.28. The van der Waals surface area contributed by atoms with Crippen molar-refractivity contribution in [3.8, 4) is 5.75 Å². The van der Waals surface area contributed by atoms with Crippen molar-refractivity contribution in [3.63, 3.8) is 0 Å². The van der Waals surface area contributed by atoms with Crippen LogP contribution >= 0.6 is 15.9 Å². The third kappa shape index (κ3) is 5.21. The van der Waals surface area contributed by atoms with Gasteiger partial charge in [0.25, 0.3) is 0 Å². The highest BCUT2D eigenvalue weighted by Gasteiger charge is 2.21. The lowest BCUT2D eigenvalue weighted by Gasteiger charge is -2.33. The molecule has 0 aromatic heterocycles. The summed E-state index contributed by atoms with van der Waals surface area (Å²) in [5.41, 5.74) is 1.39. The number of ether oxygens (including phenoxy) is 1. The molecule has 0 atom stereocenters. The largest absolute Gasteiger partial charge is 0.497 e. The Hall–Kier alpha value is -0.580. The molecule has 0 saturated carbocycles. The average Bonchev–Trinajstić information content (AvgIpc) is 2.64. The predicted octanol–water partition coefficient (Wildman–Crippen LogP) is 4.10. The first-order valence-corrected chi connectivity index (χ1v) is 10.3. The first kappa shape index (κ1) is 18.2. The summed E-state index contributed by atoms with van der Waals surface area (Å²) in [5, 5.41) is 3.47. The van der Waals surface area contributed by atoms with Crippen LogP contribution in [0.1, 0.15) is 37.7 Å². The molecule has 2 heterocycles. The third-order valence-electron chi connectivity index (χ3n) is 5.78. The minimum atomic E-state index is 0.809. The standard InChI is InChI=1S/C20H31BrN2O/c1-24-19-2-3-20(21)18(15-19)14-17-7-12-23(13-8-17)11-6-16-4-9-22-10-5-16/h2-3,15-17,22H,4-14H2,1H3. The Morgan fingerprint density at radius 3 is 2.58 bits per heavy atom. The van der Waals surface area contributed by atoms with E-state index in [9.17, 15) is 0 Å². The maximum atomic E-state index is 5.37. The van der Waals surface area contributed by atoms with Gasteiger partial charge >= 0.3 is 0 Å². The van der Waals surface area contributed by atoms with Gasteiger partial charge in [-0.1, -0.05) is 15.9 Å². The topological polar surface area (TPSA) is 24.5 Å². The smallest absolute Gasteiger partial charge is 0.119 e. The SMILES string of the molecule is COc1ccc(Br)c(CC2CCN(CCC3CCNCC3)CC2)c1. The van der Waals surface area contributed by atoms with Crippen molar-refractivity contribution >= 4 is 15.9 Å². The van der Waals surface area contributed by atoms with Crippen LogP contribution in [0.5, 0.6) is 5.75 Å². The number of rotatable bonds is 6. The van der Waals surface area contributed by atoms with Crippen molar-refractivity contribution in [1.29, 1.82) is 0 Å². The molecule has 24 heavy (non-hydrogen) atoms. The summed E-state index contributed by atoms with van der Waals surface area (Å²) in [6.45, 7) is 6.30. The molecule has 1 aromatic carbocycles. The van der Waals surface area contributed by atoms with Crippen LogP contribution in [0.3, 0.4) is 0 Å². The van der Waals surface area contributed by atoms with Gasteiger partial charge in [-0.05, 0) is 107 Å². The molecule has 0 spiro atoms. The molecule has 0 amide bonds. The number of halogens is 1. The second-order valence-electron chi connectivity index (χ2n) is 7.43. The van der Waals surface area contributed by atoms with Crippen LogP contribution in [0, 0.1) is 11.8 Å². The van der Waals surface area contributed by atoms with Gasteiger partial charge in [-0.25, -0.2) is 0 Å². The summed E-state index contributed by atoms with van der Waals surface area (Å²) < 4.78 is 6.59. The van der Waals surface area contributed by atoms with Gasteiger partial charge < -0.3 is 15.0 Å². The Bertz CT molecular complexity index is 508. The number of likely N-dealkylation sites (tertiary alicyclic amines) is 1. The molecular weight excluding hydrogens is 364 g/mol. The fraction of sp³-hybridized carbons (Fsp3) is 0.700. The number of piperidine rings is 2. The zero-order chi connectivity index (χ0) is 16.8. The lowest BCUT2D eigenvalue weighted by molar-refractivity contribution is 0.168. The first-order valence-electron chi connectivity index (χ1n) is 9.50. The van der Waals surface area contributed by atoms with Crippen LogP contribution in [0.15, 0.2) is 22.7 Å². The lowest BCUT2D eigenvalue weighted by Crippen LogP contribution is -2.36. The summed E-state index contributed by atoms with van der Waals surface area (Å²) >= 11 is 3.70. The lowest BCUT2D eigenvalue weighted by atomic mass is 9.89. The summed E-state index contributed by atoms with van der Waals surface area (Å²) in [7, 11) is 1.74. The molecule has 3 nitrogen and oxygen atoms in total. The van der Waals surface area contributed by atoms with E-state index in [0.717, 1.165) is 17.6 Å². The van der Waals surface area contributed by atoms with E-state index >= 15 is 0 Å². The maximum Gasteiger partial charge on any atom is 0.119 e. The van der Waals surface area contributed by atoms with E-state index in [4.69, 9.17) is 4.74 Å². The summed E-state index contributed by atoms with van der Waals surface area (Å²) in [4.78, 5) is 2.69. The van der Waals surface area contributed by atoms with Crippen molar-refractivity contribution < 1.29 is 4.74 Å². The Balaban J connectivity index is 1.42. The molecule has 0 unspecified atom stereocenters. The molecule has 134 valence electrons. The predicted molar refractivity (Wildman–Crippen MR) is 104 cm³/mol. The van der Waals surface area contributed by atoms with Crippen molar-refractivity contribution in [2.75, 3.05) is 39.8 Å². The number of nitrogens with one attached hydrogen (secondary N) is 1. The molecule has 1 aromatic rings. The number of benzene rings is 1. The molecule has 2 aliphatic rings. The third-order valence-corrected chi connectivity index (χ3v) is 6.55. The monoisotopic (exact) mass is 394 g/mol. The normalized spacial score (nSPS) is 21.1. The highest BCUT2D eigenvalue weighted by atomic mass is 79.9. The first-order chi connectivity index (χ1) is 11.7. The molecule has 0 bridgehead atoms. The van der Waals surface area contributed by atoms with Gasteiger partial charge in [0.15, 0.2) is 0 Å². The summed E-state index contributed by atoms with van der Waals surface area (Å²) in [5.74, 6) is 2.73. The van der Waals surface area contributed by atoms with Crippen molar-refractivity contribution in [2.45, 2.75) is 38.5 Å². The van der Waals surface area contributed by atoms with E-state index in [1.165, 1.54) is 81.3 Å². The zero-order valence-electron chi connectivity index (χ0n) is 14.9. The van der Waals surface area contributed by atoms with Crippen LogP contribution in [0.2, 0.25) is 0 Å². The maximum absolute atomic E-state index is 5.37. The number of methoxy groups -OCH3 is 1.